The molecule has 7 heteroatoms. The van der Waals surface area contributed by atoms with E-state index < -0.39 is 5.97 Å². The molecule has 0 aromatic heterocycles. The van der Waals surface area contributed by atoms with Crippen LogP contribution in [0.1, 0.15) is 39.0 Å². The number of carboxylic acids is 1. The SMILES string of the molecule is CCCC/C=C/CC([O-])=NCCN(CCCO)CC(=O)O.[Li+]. The normalized spacial score (nSPS) is 11.9. The maximum Gasteiger partial charge on any atom is 1.00 e. The fraction of sp³-hybridized carbons (Fsp3) is 0.733. The van der Waals surface area contributed by atoms with Gasteiger partial charge in [-0.2, -0.15) is 0 Å². The molecule has 0 aliphatic heterocycles. The Morgan fingerprint density at radius 2 is 2.00 bits per heavy atom. The van der Waals surface area contributed by atoms with Gasteiger partial charge >= 0.3 is 24.8 Å². The molecule has 22 heavy (non-hydrogen) atoms. The summed E-state index contributed by atoms with van der Waals surface area (Å²) < 4.78 is 0. The van der Waals surface area contributed by atoms with Gasteiger partial charge in [0.1, 0.15) is 0 Å². The second kappa shape index (κ2) is 16.6. The molecule has 0 aromatic carbocycles. The summed E-state index contributed by atoms with van der Waals surface area (Å²) in [7, 11) is 0. The first-order chi connectivity index (χ1) is 10.1. The van der Waals surface area contributed by atoms with Crippen LogP contribution in [-0.4, -0.2) is 59.8 Å². The first-order valence-corrected chi connectivity index (χ1v) is 7.50. The van der Waals surface area contributed by atoms with Crippen molar-refractivity contribution < 1.29 is 39.0 Å². The van der Waals surface area contributed by atoms with Crippen molar-refractivity contribution in [3.63, 3.8) is 0 Å². The molecule has 0 unspecified atom stereocenters. The quantitative estimate of drug-likeness (QED) is 0.131. The van der Waals surface area contributed by atoms with E-state index in [1.165, 1.54) is 0 Å². The second-order valence-corrected chi connectivity index (χ2v) is 4.84. The molecule has 0 spiro atoms. The summed E-state index contributed by atoms with van der Waals surface area (Å²) in [6, 6.07) is 0. The standard InChI is InChI=1S/C15H28N2O4.Li/c1-2-3-4-5-6-8-14(19)16-9-11-17(10-7-12-18)13-15(20)21;/h5-6,18H,2-4,7-13H2,1H3,(H,16,19)(H,20,21);/q;+1/p-1/b6-5+;. The van der Waals surface area contributed by atoms with Gasteiger partial charge < -0.3 is 20.3 Å². The first kappa shape index (κ1) is 23.5. The molecule has 0 saturated carbocycles. The van der Waals surface area contributed by atoms with Crippen molar-refractivity contribution in [2.75, 3.05) is 32.8 Å². The van der Waals surface area contributed by atoms with Crippen LogP contribution in [0.5, 0.6) is 0 Å². The Kier molecular flexibility index (Phi) is 17.7. The molecule has 2 N–H and O–H groups in total. The minimum Gasteiger partial charge on any atom is -0.862 e. The molecule has 0 radical (unpaired) electrons. The van der Waals surface area contributed by atoms with E-state index in [0.29, 0.717) is 32.5 Å². The van der Waals surface area contributed by atoms with Crippen LogP contribution in [0.25, 0.3) is 0 Å². The molecule has 0 atom stereocenters. The summed E-state index contributed by atoms with van der Waals surface area (Å²) in [5.74, 6) is -1.10. The van der Waals surface area contributed by atoms with E-state index in [1.54, 1.807) is 4.90 Å². The number of carboxylic acid groups (broad SMARTS) is 1. The van der Waals surface area contributed by atoms with Gasteiger partial charge in [-0.3, -0.25) is 9.69 Å². The van der Waals surface area contributed by atoms with Crippen molar-refractivity contribution in [2.45, 2.75) is 39.0 Å². The molecule has 0 rings (SSSR count). The Bertz CT molecular complexity index is 336. The predicted octanol–water partition coefficient (Wildman–Crippen LogP) is -2.35. The smallest absolute Gasteiger partial charge is 0.862 e. The number of aliphatic imine (C=N–C) groups is 1. The number of unbranched alkanes of at least 4 members (excludes halogenated alkanes) is 2. The van der Waals surface area contributed by atoms with Crippen LogP contribution in [-0.2, 0) is 4.79 Å². The number of allylic oxidation sites excluding steroid dienone is 1. The summed E-state index contributed by atoms with van der Waals surface area (Å²) in [5.41, 5.74) is 0. The molecule has 0 fully saturated rings. The van der Waals surface area contributed by atoms with Crippen LogP contribution >= 0.6 is 0 Å². The third-order valence-corrected chi connectivity index (χ3v) is 2.88. The van der Waals surface area contributed by atoms with E-state index in [4.69, 9.17) is 10.2 Å². The zero-order valence-electron chi connectivity index (χ0n) is 13.8. The fourth-order valence-corrected chi connectivity index (χ4v) is 1.76. The van der Waals surface area contributed by atoms with Crippen LogP contribution in [0.15, 0.2) is 17.1 Å². The van der Waals surface area contributed by atoms with Gasteiger partial charge in [0, 0.05) is 19.7 Å². The molecular formula is C15H27LiN2O4. The van der Waals surface area contributed by atoms with Crippen LogP contribution in [0, 0.1) is 0 Å². The number of aliphatic carboxylic acids is 1. The summed E-state index contributed by atoms with van der Waals surface area (Å²) >= 11 is 0. The average Bonchev–Trinajstić information content (AvgIpc) is 2.43. The second-order valence-electron chi connectivity index (χ2n) is 4.84. The topological polar surface area (TPSA) is 96.2 Å². The van der Waals surface area contributed by atoms with E-state index in [-0.39, 0.29) is 37.9 Å². The number of carbonyl (C=O) groups is 1. The summed E-state index contributed by atoms with van der Waals surface area (Å²) in [5, 5.41) is 29.0. The number of nitrogens with zero attached hydrogens (tertiary/aromatic N) is 2. The molecule has 0 aliphatic carbocycles. The van der Waals surface area contributed by atoms with Crippen molar-refractivity contribution in [3.8, 4) is 0 Å². The number of rotatable bonds is 13. The van der Waals surface area contributed by atoms with Crippen LogP contribution in [0.4, 0.5) is 0 Å². The molecule has 122 valence electrons. The zero-order valence-corrected chi connectivity index (χ0v) is 13.8. The minimum absolute atomic E-state index is 0. The Hall–Kier alpha value is -0.803. The number of aliphatic hydroxyl groups excluding tert-OH is 1. The van der Waals surface area contributed by atoms with E-state index in [0.717, 1.165) is 19.3 Å². The largest absolute Gasteiger partial charge is 1.00 e. The van der Waals surface area contributed by atoms with E-state index in [9.17, 15) is 9.90 Å². The molecule has 0 heterocycles. The maximum atomic E-state index is 11.5. The van der Waals surface area contributed by atoms with E-state index in [1.807, 2.05) is 12.2 Å². The van der Waals surface area contributed by atoms with Gasteiger partial charge in [-0.1, -0.05) is 31.9 Å². The summed E-state index contributed by atoms with van der Waals surface area (Å²) in [4.78, 5) is 16.3. The van der Waals surface area contributed by atoms with Gasteiger partial charge in [-0.25, -0.2) is 0 Å². The minimum atomic E-state index is -0.918. The molecule has 0 saturated heterocycles. The number of hydrogen-bond acceptors (Lipinski definition) is 5. The Balaban J connectivity index is 0. The van der Waals surface area contributed by atoms with Gasteiger partial charge in [-0.15, -0.1) is 0 Å². The maximum absolute atomic E-state index is 11.5. The first-order valence-electron chi connectivity index (χ1n) is 7.50. The Labute approximate surface area is 145 Å². The zero-order chi connectivity index (χ0) is 15.9. The van der Waals surface area contributed by atoms with Gasteiger partial charge in [0.25, 0.3) is 0 Å². The van der Waals surface area contributed by atoms with Crippen molar-refractivity contribution in [3.05, 3.63) is 12.2 Å². The third kappa shape index (κ3) is 15.6. The van der Waals surface area contributed by atoms with Crippen molar-refractivity contribution in [1.29, 1.82) is 0 Å². The van der Waals surface area contributed by atoms with Gasteiger partial charge in [0.2, 0.25) is 0 Å². The molecule has 0 amide bonds. The fourth-order valence-electron chi connectivity index (χ4n) is 1.76. The molecular weight excluding hydrogens is 279 g/mol. The van der Waals surface area contributed by atoms with Gasteiger partial charge in [0.05, 0.1) is 13.1 Å². The Morgan fingerprint density at radius 1 is 1.27 bits per heavy atom. The molecule has 6 nitrogen and oxygen atoms in total. The summed E-state index contributed by atoms with van der Waals surface area (Å²) in [6.45, 7) is 3.24. The van der Waals surface area contributed by atoms with Crippen molar-refractivity contribution in [2.24, 2.45) is 4.99 Å². The van der Waals surface area contributed by atoms with Crippen LogP contribution in [0.3, 0.4) is 0 Å². The van der Waals surface area contributed by atoms with E-state index >= 15 is 0 Å². The number of hydrogen-bond donors (Lipinski definition) is 2. The van der Waals surface area contributed by atoms with Crippen LogP contribution < -0.4 is 24.0 Å². The van der Waals surface area contributed by atoms with Gasteiger partial charge in [-0.05, 0) is 25.2 Å². The summed E-state index contributed by atoms with van der Waals surface area (Å²) in [6.07, 6.45) is 7.89. The Morgan fingerprint density at radius 3 is 2.59 bits per heavy atom. The van der Waals surface area contributed by atoms with Crippen molar-refractivity contribution in [1.82, 2.24) is 4.90 Å². The van der Waals surface area contributed by atoms with Crippen LogP contribution in [0.2, 0.25) is 0 Å². The third-order valence-electron chi connectivity index (χ3n) is 2.88. The van der Waals surface area contributed by atoms with Gasteiger partial charge in [0.15, 0.2) is 0 Å². The average molecular weight is 306 g/mol. The molecule has 0 aromatic rings. The van der Waals surface area contributed by atoms with E-state index in [2.05, 4.69) is 11.9 Å². The molecule has 0 bridgehead atoms. The predicted molar refractivity (Wildman–Crippen MR) is 81.4 cm³/mol. The molecule has 0 aliphatic rings. The number of aliphatic hydroxyl groups is 1. The van der Waals surface area contributed by atoms with Crippen molar-refractivity contribution >= 4 is 11.9 Å². The monoisotopic (exact) mass is 306 g/mol.